The maximum absolute atomic E-state index is 6.24. The summed E-state index contributed by atoms with van der Waals surface area (Å²) < 4.78 is 0. The lowest BCUT2D eigenvalue weighted by atomic mass is 10.1. The van der Waals surface area contributed by atoms with Crippen molar-refractivity contribution in [2.45, 2.75) is 13.0 Å². The lowest BCUT2D eigenvalue weighted by Crippen LogP contribution is -2.41. The van der Waals surface area contributed by atoms with Crippen LogP contribution in [0.5, 0.6) is 0 Å². The van der Waals surface area contributed by atoms with Crippen molar-refractivity contribution in [2.24, 2.45) is 0 Å². The molecule has 0 saturated heterocycles. The first-order valence-electron chi connectivity index (χ1n) is 7.86. The highest BCUT2D eigenvalue weighted by Crippen LogP contribution is 2.24. The Morgan fingerprint density at radius 1 is 1.17 bits per heavy atom. The molecule has 0 aliphatic carbocycles. The minimum Gasteiger partial charge on any atom is -0.341 e. The fourth-order valence-electron chi connectivity index (χ4n) is 2.35. The van der Waals surface area contributed by atoms with Crippen LogP contribution in [0.15, 0.2) is 48.8 Å². The fraction of sp³-hybridized carbons (Fsp3) is 0.333. The highest BCUT2D eigenvalue weighted by Gasteiger charge is 2.19. The van der Waals surface area contributed by atoms with Gasteiger partial charge in [-0.1, -0.05) is 23.7 Å². The average molecular weight is 363 g/mol. The summed E-state index contributed by atoms with van der Waals surface area (Å²) in [6.45, 7) is 3.86. The van der Waals surface area contributed by atoms with Crippen molar-refractivity contribution in [3.8, 4) is 0 Å². The molecular formula is C18H23ClN4S. The normalized spacial score (nSPS) is 12.0. The lowest BCUT2D eigenvalue weighted by Gasteiger charge is -2.33. The molecule has 0 saturated carbocycles. The van der Waals surface area contributed by atoms with Gasteiger partial charge in [-0.2, -0.15) is 0 Å². The number of benzene rings is 1. The Morgan fingerprint density at radius 2 is 1.83 bits per heavy atom. The van der Waals surface area contributed by atoms with Crippen molar-refractivity contribution in [1.82, 2.24) is 14.8 Å². The molecule has 0 spiro atoms. The fourth-order valence-corrected chi connectivity index (χ4v) is 2.89. The third-order valence-corrected chi connectivity index (χ3v) is 4.49. The van der Waals surface area contributed by atoms with Crippen LogP contribution in [0.1, 0.15) is 18.5 Å². The van der Waals surface area contributed by atoms with Crippen molar-refractivity contribution in [3.05, 3.63) is 59.4 Å². The quantitative estimate of drug-likeness (QED) is 0.783. The molecule has 0 aliphatic rings. The van der Waals surface area contributed by atoms with Crippen LogP contribution >= 0.6 is 23.8 Å². The number of pyridine rings is 1. The van der Waals surface area contributed by atoms with Crippen molar-refractivity contribution < 1.29 is 0 Å². The van der Waals surface area contributed by atoms with Gasteiger partial charge in [-0.15, -0.1) is 0 Å². The summed E-state index contributed by atoms with van der Waals surface area (Å²) in [6.07, 6.45) is 3.61. The second-order valence-electron chi connectivity index (χ2n) is 5.86. The van der Waals surface area contributed by atoms with Crippen LogP contribution < -0.4 is 5.32 Å². The number of halogens is 1. The number of para-hydroxylation sites is 1. The van der Waals surface area contributed by atoms with Crippen molar-refractivity contribution in [1.29, 1.82) is 0 Å². The molecule has 2 rings (SSSR count). The predicted molar refractivity (Wildman–Crippen MR) is 106 cm³/mol. The summed E-state index contributed by atoms with van der Waals surface area (Å²) >= 11 is 11.9. The molecule has 4 nitrogen and oxygen atoms in total. The first-order valence-corrected chi connectivity index (χ1v) is 8.64. The van der Waals surface area contributed by atoms with Gasteiger partial charge in [0.15, 0.2) is 5.11 Å². The molecule has 1 N–H and O–H groups in total. The topological polar surface area (TPSA) is 31.4 Å². The molecule has 24 heavy (non-hydrogen) atoms. The van der Waals surface area contributed by atoms with E-state index in [-0.39, 0.29) is 6.04 Å². The van der Waals surface area contributed by atoms with Crippen LogP contribution in [0.2, 0.25) is 5.02 Å². The van der Waals surface area contributed by atoms with E-state index in [2.05, 4.69) is 41.1 Å². The third-order valence-electron chi connectivity index (χ3n) is 3.82. The second kappa shape index (κ2) is 8.97. The Balaban J connectivity index is 2.18. The molecule has 128 valence electrons. The molecule has 6 heteroatoms. The molecule has 0 unspecified atom stereocenters. The summed E-state index contributed by atoms with van der Waals surface area (Å²) in [7, 11) is 4.11. The van der Waals surface area contributed by atoms with Crippen LogP contribution in [0.3, 0.4) is 0 Å². The SMILES string of the molecule is C[C@H](c1ccncc1)N(CCN(C)C)C(=S)Nc1ccccc1Cl. The standard InChI is InChI=1S/C18H23ClN4S/c1-14(15-8-10-20-11-9-15)23(13-12-22(2)3)18(24)21-17-7-5-4-6-16(17)19/h4-11,14H,12-13H2,1-3H3,(H,21,24)/t14-/m1/s1. The zero-order chi connectivity index (χ0) is 17.5. The van der Waals surface area contributed by atoms with Crippen LogP contribution in [0.4, 0.5) is 5.69 Å². The number of thiocarbonyl (C=S) groups is 1. The first-order chi connectivity index (χ1) is 11.5. The van der Waals surface area contributed by atoms with Gasteiger partial charge in [-0.3, -0.25) is 4.98 Å². The van der Waals surface area contributed by atoms with Gasteiger partial charge in [-0.05, 0) is 63.1 Å². The van der Waals surface area contributed by atoms with E-state index in [0.717, 1.165) is 18.8 Å². The van der Waals surface area contributed by atoms with Crippen molar-refractivity contribution >= 4 is 34.6 Å². The molecule has 0 radical (unpaired) electrons. The van der Waals surface area contributed by atoms with Gasteiger partial charge in [-0.25, -0.2) is 0 Å². The third kappa shape index (κ3) is 5.16. The molecule has 1 heterocycles. The van der Waals surface area contributed by atoms with Crippen molar-refractivity contribution in [2.75, 3.05) is 32.5 Å². The van der Waals surface area contributed by atoms with E-state index >= 15 is 0 Å². The smallest absolute Gasteiger partial charge is 0.174 e. The van der Waals surface area contributed by atoms with E-state index in [9.17, 15) is 0 Å². The van der Waals surface area contributed by atoms with Crippen LogP contribution in [0.25, 0.3) is 0 Å². The van der Waals surface area contributed by atoms with Crippen LogP contribution in [-0.2, 0) is 0 Å². The Bertz CT molecular complexity index is 663. The molecule has 0 bridgehead atoms. The number of nitrogens with one attached hydrogen (secondary N) is 1. The lowest BCUT2D eigenvalue weighted by molar-refractivity contribution is 0.289. The minimum absolute atomic E-state index is 0.135. The highest BCUT2D eigenvalue weighted by molar-refractivity contribution is 7.80. The number of aromatic nitrogens is 1. The maximum atomic E-state index is 6.24. The zero-order valence-corrected chi connectivity index (χ0v) is 15.8. The summed E-state index contributed by atoms with van der Waals surface area (Å²) in [6, 6.07) is 11.8. The highest BCUT2D eigenvalue weighted by atomic mass is 35.5. The van der Waals surface area contributed by atoms with Crippen LogP contribution in [0, 0.1) is 0 Å². The van der Waals surface area contributed by atoms with Gasteiger partial charge in [0, 0.05) is 25.5 Å². The molecule has 0 aliphatic heterocycles. The molecule has 0 amide bonds. The number of nitrogens with zero attached hydrogens (tertiary/aromatic N) is 3. The minimum atomic E-state index is 0.135. The molecule has 1 aromatic heterocycles. The number of anilines is 1. The van der Waals surface area contributed by atoms with Gasteiger partial charge in [0.2, 0.25) is 0 Å². The average Bonchev–Trinajstić information content (AvgIpc) is 2.57. The molecule has 1 aromatic carbocycles. The Morgan fingerprint density at radius 3 is 2.46 bits per heavy atom. The maximum Gasteiger partial charge on any atom is 0.174 e. The molecule has 1 atom stereocenters. The second-order valence-corrected chi connectivity index (χ2v) is 6.66. The van der Waals surface area contributed by atoms with E-state index in [0.29, 0.717) is 10.1 Å². The van der Waals surface area contributed by atoms with E-state index < -0.39 is 0 Å². The monoisotopic (exact) mass is 362 g/mol. The van der Waals surface area contributed by atoms with Gasteiger partial charge in [0.05, 0.1) is 16.8 Å². The van der Waals surface area contributed by atoms with Gasteiger partial charge in [0.25, 0.3) is 0 Å². The zero-order valence-electron chi connectivity index (χ0n) is 14.2. The number of hydrogen-bond donors (Lipinski definition) is 1. The largest absolute Gasteiger partial charge is 0.341 e. The summed E-state index contributed by atoms with van der Waals surface area (Å²) in [5.41, 5.74) is 1.99. The molecule has 2 aromatic rings. The Hall–Kier alpha value is -1.69. The number of likely N-dealkylation sites (N-methyl/N-ethyl adjacent to an activating group) is 1. The van der Waals surface area contributed by atoms with Gasteiger partial charge >= 0.3 is 0 Å². The first kappa shape index (κ1) is 18.6. The van der Waals surface area contributed by atoms with E-state index in [4.69, 9.17) is 23.8 Å². The number of rotatable bonds is 6. The summed E-state index contributed by atoms with van der Waals surface area (Å²) in [5.74, 6) is 0. The van der Waals surface area contributed by atoms with Crippen molar-refractivity contribution in [3.63, 3.8) is 0 Å². The van der Waals surface area contributed by atoms with E-state index in [1.54, 1.807) is 12.4 Å². The Labute approximate surface area is 154 Å². The van der Waals surface area contributed by atoms with Gasteiger partial charge < -0.3 is 15.1 Å². The predicted octanol–water partition coefficient (Wildman–Crippen LogP) is 4.06. The van der Waals surface area contributed by atoms with E-state index in [1.165, 1.54) is 5.56 Å². The number of hydrogen-bond acceptors (Lipinski definition) is 3. The summed E-state index contributed by atoms with van der Waals surface area (Å²) in [5, 5.41) is 4.59. The van der Waals surface area contributed by atoms with Gasteiger partial charge in [0.1, 0.15) is 0 Å². The summed E-state index contributed by atoms with van der Waals surface area (Å²) in [4.78, 5) is 8.41. The molecular weight excluding hydrogens is 340 g/mol. The van der Waals surface area contributed by atoms with Crippen LogP contribution in [-0.4, -0.2) is 47.1 Å². The van der Waals surface area contributed by atoms with E-state index in [1.807, 2.05) is 36.4 Å². The Kier molecular flexibility index (Phi) is 6.97. The molecule has 0 fully saturated rings.